The lowest BCUT2D eigenvalue weighted by atomic mass is 10.2. The highest BCUT2D eigenvalue weighted by molar-refractivity contribution is 7.90. The van der Waals surface area contributed by atoms with Gasteiger partial charge >= 0.3 is 0 Å². The average Bonchev–Trinajstić information content (AvgIpc) is 2.39. The molecule has 0 fully saturated rings. The van der Waals surface area contributed by atoms with Gasteiger partial charge in [0.25, 0.3) is 15.9 Å². The number of benzene rings is 1. The lowest BCUT2D eigenvalue weighted by Crippen LogP contribution is -2.31. The summed E-state index contributed by atoms with van der Waals surface area (Å²) in [6.45, 7) is 0. The molecule has 6 nitrogen and oxygen atoms in total. The summed E-state index contributed by atoms with van der Waals surface area (Å²) in [6.07, 6.45) is 3.48. The molecule has 0 aliphatic rings. The van der Waals surface area contributed by atoms with Crippen LogP contribution >= 0.6 is 0 Å². The van der Waals surface area contributed by atoms with E-state index < -0.39 is 21.7 Å². The van der Waals surface area contributed by atoms with E-state index in [0.717, 1.165) is 18.3 Å². The molecule has 0 bridgehead atoms. The molecule has 0 atom stereocenters. The minimum atomic E-state index is -4.12. The van der Waals surface area contributed by atoms with Crippen LogP contribution in [-0.4, -0.2) is 24.3 Å². The first-order valence-corrected chi connectivity index (χ1v) is 6.56. The molecule has 0 spiro atoms. The van der Waals surface area contributed by atoms with Crippen molar-refractivity contribution in [3.63, 3.8) is 0 Å². The largest absolute Gasteiger partial charge is 0.283 e. The monoisotopic (exact) mass is 281 g/mol. The van der Waals surface area contributed by atoms with E-state index in [4.69, 9.17) is 0 Å². The van der Waals surface area contributed by atoms with E-state index in [0.29, 0.717) is 0 Å². The Morgan fingerprint density at radius 1 is 1.26 bits per heavy atom. The van der Waals surface area contributed by atoms with Gasteiger partial charge in [0.1, 0.15) is 5.82 Å². The number of hydrogen-bond acceptors (Lipinski definition) is 5. The molecule has 0 saturated heterocycles. The second kappa shape index (κ2) is 5.11. The first-order valence-electron chi connectivity index (χ1n) is 5.08. The molecule has 8 heteroatoms. The maximum Gasteiger partial charge on any atom is 0.283 e. The van der Waals surface area contributed by atoms with E-state index in [-0.39, 0.29) is 10.6 Å². The Morgan fingerprint density at radius 3 is 2.68 bits per heavy atom. The standard InChI is InChI=1S/C11H8FN3O3S/c12-9-3-1-2-8(6-9)11(16)15-19(17,18)10-7-13-4-5-14-10/h1-7H,(H,15,16). The SMILES string of the molecule is O=C(NS(=O)(=O)c1cnccn1)c1cccc(F)c1. The number of aromatic nitrogens is 2. The first-order chi connectivity index (χ1) is 8.99. The van der Waals surface area contributed by atoms with Gasteiger partial charge in [0.2, 0.25) is 0 Å². The number of hydrogen-bond donors (Lipinski definition) is 1. The average molecular weight is 281 g/mol. The number of carbonyl (C=O) groups is 1. The first kappa shape index (κ1) is 13.1. The molecule has 1 N–H and O–H groups in total. The zero-order chi connectivity index (χ0) is 13.9. The summed E-state index contributed by atoms with van der Waals surface area (Å²) in [5.41, 5.74) is -0.104. The van der Waals surface area contributed by atoms with Gasteiger partial charge < -0.3 is 0 Å². The number of amides is 1. The Morgan fingerprint density at radius 2 is 2.05 bits per heavy atom. The van der Waals surface area contributed by atoms with E-state index >= 15 is 0 Å². The Kier molecular flexibility index (Phi) is 3.52. The lowest BCUT2D eigenvalue weighted by molar-refractivity contribution is 0.0981. The van der Waals surface area contributed by atoms with Crippen molar-refractivity contribution in [2.24, 2.45) is 0 Å². The van der Waals surface area contributed by atoms with Crippen molar-refractivity contribution in [1.82, 2.24) is 14.7 Å². The highest BCUT2D eigenvalue weighted by Crippen LogP contribution is 2.06. The van der Waals surface area contributed by atoms with Crippen LogP contribution in [0, 0.1) is 5.82 Å². The molecule has 0 saturated carbocycles. The molecule has 0 aliphatic carbocycles. The molecule has 1 heterocycles. The van der Waals surface area contributed by atoms with Crippen LogP contribution < -0.4 is 4.72 Å². The quantitative estimate of drug-likeness (QED) is 0.896. The van der Waals surface area contributed by atoms with E-state index in [1.807, 2.05) is 0 Å². The molecule has 2 aromatic rings. The van der Waals surface area contributed by atoms with Crippen LogP contribution in [0.5, 0.6) is 0 Å². The highest BCUT2D eigenvalue weighted by atomic mass is 32.2. The van der Waals surface area contributed by atoms with Gasteiger partial charge in [-0.3, -0.25) is 9.78 Å². The number of nitrogens with one attached hydrogen (secondary N) is 1. The summed E-state index contributed by atoms with van der Waals surface area (Å²) in [5.74, 6) is -1.57. The summed E-state index contributed by atoms with van der Waals surface area (Å²) in [4.78, 5) is 18.8. The third-order valence-corrected chi connectivity index (χ3v) is 3.34. The number of halogens is 1. The van der Waals surface area contributed by atoms with Crippen molar-refractivity contribution < 1.29 is 17.6 Å². The summed E-state index contributed by atoms with van der Waals surface area (Å²) in [6, 6.07) is 4.68. The maximum atomic E-state index is 12.9. The van der Waals surface area contributed by atoms with Crippen molar-refractivity contribution in [3.05, 3.63) is 54.2 Å². The van der Waals surface area contributed by atoms with Crippen LogP contribution in [0.2, 0.25) is 0 Å². The zero-order valence-corrected chi connectivity index (χ0v) is 10.3. The predicted octanol–water partition coefficient (Wildman–Crippen LogP) is 0.734. The van der Waals surface area contributed by atoms with E-state index in [2.05, 4.69) is 9.97 Å². The summed E-state index contributed by atoms with van der Waals surface area (Å²) >= 11 is 0. The second-order valence-electron chi connectivity index (χ2n) is 3.49. The molecule has 0 radical (unpaired) electrons. The van der Waals surface area contributed by atoms with Gasteiger partial charge in [-0.2, -0.15) is 8.42 Å². The van der Waals surface area contributed by atoms with Gasteiger partial charge in [-0.05, 0) is 18.2 Å². The van der Waals surface area contributed by atoms with Crippen LogP contribution in [0.25, 0.3) is 0 Å². The Labute approximate surface area is 108 Å². The van der Waals surface area contributed by atoms with E-state index in [9.17, 15) is 17.6 Å². The predicted molar refractivity (Wildman–Crippen MR) is 63.1 cm³/mol. The number of carbonyl (C=O) groups excluding carboxylic acids is 1. The van der Waals surface area contributed by atoms with Gasteiger partial charge in [0.05, 0.1) is 6.20 Å². The molecule has 19 heavy (non-hydrogen) atoms. The normalized spacial score (nSPS) is 11.0. The van der Waals surface area contributed by atoms with Crippen molar-refractivity contribution in [1.29, 1.82) is 0 Å². The minimum Gasteiger partial charge on any atom is -0.268 e. The molecule has 1 aromatic carbocycles. The molecule has 98 valence electrons. The van der Waals surface area contributed by atoms with Gasteiger partial charge in [-0.25, -0.2) is 14.1 Å². The molecule has 0 aliphatic heterocycles. The van der Waals surface area contributed by atoms with Crippen molar-refractivity contribution in [2.75, 3.05) is 0 Å². The van der Waals surface area contributed by atoms with Gasteiger partial charge in [-0.15, -0.1) is 0 Å². The second-order valence-corrected chi connectivity index (χ2v) is 5.12. The maximum absolute atomic E-state index is 12.9. The molecular weight excluding hydrogens is 273 g/mol. The summed E-state index contributed by atoms with van der Waals surface area (Å²) < 4.78 is 38.3. The Hall–Kier alpha value is -2.35. The van der Waals surface area contributed by atoms with Crippen LogP contribution in [0.15, 0.2) is 47.9 Å². The van der Waals surface area contributed by atoms with Crippen molar-refractivity contribution in [3.8, 4) is 0 Å². The van der Waals surface area contributed by atoms with Crippen LogP contribution in [-0.2, 0) is 10.0 Å². The van der Waals surface area contributed by atoms with Gasteiger partial charge in [-0.1, -0.05) is 6.07 Å². The lowest BCUT2D eigenvalue weighted by Gasteiger charge is -2.05. The minimum absolute atomic E-state index is 0.104. The molecule has 0 unspecified atom stereocenters. The molecular formula is C11H8FN3O3S. The van der Waals surface area contributed by atoms with Gasteiger partial charge in [0, 0.05) is 18.0 Å². The summed E-state index contributed by atoms with van der Waals surface area (Å²) in [5, 5.41) is -0.389. The van der Waals surface area contributed by atoms with Crippen molar-refractivity contribution in [2.45, 2.75) is 5.03 Å². The number of sulfonamides is 1. The van der Waals surface area contributed by atoms with Gasteiger partial charge in [0.15, 0.2) is 5.03 Å². The third-order valence-electron chi connectivity index (χ3n) is 2.13. The zero-order valence-electron chi connectivity index (χ0n) is 9.45. The fraction of sp³-hybridized carbons (Fsp3) is 0. The van der Waals surface area contributed by atoms with E-state index in [1.54, 1.807) is 4.72 Å². The third kappa shape index (κ3) is 3.10. The number of rotatable bonds is 3. The van der Waals surface area contributed by atoms with Crippen LogP contribution in [0.4, 0.5) is 4.39 Å². The van der Waals surface area contributed by atoms with E-state index in [1.165, 1.54) is 24.5 Å². The van der Waals surface area contributed by atoms with Crippen molar-refractivity contribution >= 4 is 15.9 Å². The smallest absolute Gasteiger partial charge is 0.268 e. The number of nitrogens with zero attached hydrogens (tertiary/aromatic N) is 2. The van der Waals surface area contributed by atoms with Crippen LogP contribution in [0.3, 0.4) is 0 Å². The fourth-order valence-corrected chi connectivity index (χ4v) is 2.15. The fourth-order valence-electron chi connectivity index (χ4n) is 1.29. The van der Waals surface area contributed by atoms with Crippen LogP contribution in [0.1, 0.15) is 10.4 Å². The molecule has 1 aromatic heterocycles. The highest BCUT2D eigenvalue weighted by Gasteiger charge is 2.20. The topological polar surface area (TPSA) is 89.0 Å². The molecule has 1 amide bonds. The summed E-state index contributed by atoms with van der Waals surface area (Å²) in [7, 11) is -4.12. The Balaban J connectivity index is 2.24. The Bertz CT molecular complexity index is 704. The molecule has 2 rings (SSSR count).